The number of Topliss-reactive ketones (excluding diaryl/α,β-unsaturated/α-hetero) is 1. The van der Waals surface area contributed by atoms with Crippen molar-refractivity contribution in [1.82, 2.24) is 14.9 Å². The van der Waals surface area contributed by atoms with Crippen molar-refractivity contribution in [3.8, 4) is 6.07 Å². The van der Waals surface area contributed by atoms with E-state index in [1.165, 1.54) is 10.9 Å². The number of nitrogens with one attached hydrogen (secondary N) is 1. The molecule has 7 nitrogen and oxygen atoms in total. The van der Waals surface area contributed by atoms with Crippen LogP contribution in [0.5, 0.6) is 0 Å². The van der Waals surface area contributed by atoms with Gasteiger partial charge in [-0.05, 0) is 18.6 Å². The Bertz CT molecular complexity index is 851. The minimum absolute atomic E-state index is 0.0781. The zero-order valence-electron chi connectivity index (χ0n) is 13.4. The number of para-hydroxylation sites is 1. The maximum Gasteiger partial charge on any atom is 0.261 e. The van der Waals surface area contributed by atoms with Crippen LogP contribution in [-0.4, -0.2) is 27.8 Å². The number of nitriles is 1. The van der Waals surface area contributed by atoms with Gasteiger partial charge in [0.2, 0.25) is 5.91 Å². The van der Waals surface area contributed by atoms with Crippen LogP contribution in [0, 0.1) is 17.2 Å². The molecular formula is C17H18N4O3. The third-order valence-corrected chi connectivity index (χ3v) is 3.59. The Morgan fingerprint density at radius 1 is 1.38 bits per heavy atom. The topological polar surface area (TPSA) is 105 Å². The second-order valence-corrected chi connectivity index (χ2v) is 5.33. The Labute approximate surface area is 138 Å². The van der Waals surface area contributed by atoms with Gasteiger partial charge in [-0.1, -0.05) is 19.1 Å². The van der Waals surface area contributed by atoms with E-state index in [9.17, 15) is 14.4 Å². The van der Waals surface area contributed by atoms with Crippen LogP contribution >= 0.6 is 0 Å². The highest BCUT2D eigenvalue weighted by atomic mass is 16.2. The van der Waals surface area contributed by atoms with Crippen molar-refractivity contribution < 1.29 is 9.59 Å². The summed E-state index contributed by atoms with van der Waals surface area (Å²) >= 11 is 0. The third kappa shape index (κ3) is 3.84. The van der Waals surface area contributed by atoms with Crippen LogP contribution in [0.3, 0.4) is 0 Å². The zero-order chi connectivity index (χ0) is 17.5. The molecule has 0 spiro atoms. The number of benzene rings is 1. The molecule has 0 aliphatic carbocycles. The second kappa shape index (κ2) is 8.02. The molecule has 0 saturated heterocycles. The molecule has 1 amide bonds. The number of nitrogens with zero attached hydrogens (tertiary/aromatic N) is 3. The maximum atomic E-state index is 12.3. The van der Waals surface area contributed by atoms with Crippen LogP contribution in [0.25, 0.3) is 10.9 Å². The number of carbonyl (C=O) groups is 2. The number of rotatable bonds is 7. The van der Waals surface area contributed by atoms with Gasteiger partial charge in [0, 0.05) is 19.5 Å². The number of hydrogen-bond acceptors (Lipinski definition) is 5. The minimum atomic E-state index is -1.35. The molecule has 7 heteroatoms. The van der Waals surface area contributed by atoms with Gasteiger partial charge in [-0.25, -0.2) is 4.98 Å². The van der Waals surface area contributed by atoms with E-state index < -0.39 is 17.6 Å². The molecule has 1 heterocycles. The largest absolute Gasteiger partial charge is 0.355 e. The fraction of sp³-hybridized carbons (Fsp3) is 0.353. The van der Waals surface area contributed by atoms with Crippen molar-refractivity contribution in [3.05, 3.63) is 40.9 Å². The summed E-state index contributed by atoms with van der Waals surface area (Å²) in [5.41, 5.74) is 0.330. The van der Waals surface area contributed by atoms with Gasteiger partial charge >= 0.3 is 0 Å². The van der Waals surface area contributed by atoms with E-state index in [0.29, 0.717) is 17.4 Å². The average Bonchev–Trinajstić information content (AvgIpc) is 2.60. The highest BCUT2D eigenvalue weighted by Gasteiger charge is 2.25. The van der Waals surface area contributed by atoms with E-state index >= 15 is 0 Å². The minimum Gasteiger partial charge on any atom is -0.355 e. The van der Waals surface area contributed by atoms with Crippen LogP contribution < -0.4 is 10.9 Å². The molecule has 0 aliphatic rings. The Balaban J connectivity index is 2.08. The van der Waals surface area contributed by atoms with E-state index in [1.807, 2.05) is 6.92 Å². The molecule has 0 bridgehead atoms. The summed E-state index contributed by atoms with van der Waals surface area (Å²) in [6.45, 7) is 2.37. The van der Waals surface area contributed by atoms with Crippen LogP contribution in [0.4, 0.5) is 0 Å². The number of aryl methyl sites for hydroxylation is 1. The number of amides is 1. The van der Waals surface area contributed by atoms with E-state index in [0.717, 1.165) is 6.42 Å². The van der Waals surface area contributed by atoms with Crippen LogP contribution in [0.1, 0.15) is 19.8 Å². The summed E-state index contributed by atoms with van der Waals surface area (Å²) in [5, 5.41) is 12.0. The fourth-order valence-corrected chi connectivity index (χ4v) is 2.27. The number of carbonyl (C=O) groups excluding carboxylic acids is 2. The number of fused-ring (bicyclic) bond motifs is 1. The summed E-state index contributed by atoms with van der Waals surface area (Å²) in [4.78, 5) is 40.4. The fourth-order valence-electron chi connectivity index (χ4n) is 2.27. The summed E-state index contributed by atoms with van der Waals surface area (Å²) < 4.78 is 1.32. The molecule has 2 aromatic rings. The molecule has 1 atom stereocenters. The first-order valence-electron chi connectivity index (χ1n) is 7.72. The van der Waals surface area contributed by atoms with Crippen molar-refractivity contribution in [2.75, 3.05) is 6.54 Å². The summed E-state index contributed by atoms with van der Waals surface area (Å²) in [5.74, 6) is -2.44. The molecule has 2 rings (SSSR count). The first kappa shape index (κ1) is 17.3. The van der Waals surface area contributed by atoms with Crippen LogP contribution in [-0.2, 0) is 16.1 Å². The SMILES string of the molecule is CCCNC(=O)C(C#N)C(=O)CCn1cnc2ccccc2c1=O. The second-order valence-electron chi connectivity index (χ2n) is 5.33. The standard InChI is InChI=1S/C17H18N4O3/c1-2-8-19-16(23)13(10-18)15(22)7-9-21-11-20-14-6-4-3-5-12(14)17(21)24/h3-6,11,13H,2,7-9H2,1H3,(H,19,23). The van der Waals surface area contributed by atoms with E-state index in [1.54, 1.807) is 30.3 Å². The number of aromatic nitrogens is 2. The molecule has 0 aliphatic heterocycles. The van der Waals surface area contributed by atoms with Gasteiger partial charge in [0.25, 0.3) is 5.56 Å². The lowest BCUT2D eigenvalue weighted by atomic mass is 10.0. The van der Waals surface area contributed by atoms with Crippen molar-refractivity contribution in [3.63, 3.8) is 0 Å². The van der Waals surface area contributed by atoms with Crippen LogP contribution in [0.2, 0.25) is 0 Å². The zero-order valence-corrected chi connectivity index (χ0v) is 13.4. The van der Waals surface area contributed by atoms with Gasteiger partial charge < -0.3 is 5.32 Å². The van der Waals surface area contributed by atoms with Crippen molar-refractivity contribution in [2.24, 2.45) is 5.92 Å². The predicted molar refractivity (Wildman–Crippen MR) is 88.0 cm³/mol. The van der Waals surface area contributed by atoms with Gasteiger partial charge in [-0.2, -0.15) is 5.26 Å². The van der Waals surface area contributed by atoms with E-state index in [-0.39, 0.29) is 18.5 Å². The van der Waals surface area contributed by atoms with Gasteiger partial charge in [0.05, 0.1) is 23.3 Å². The smallest absolute Gasteiger partial charge is 0.261 e. The predicted octanol–water partition coefficient (Wildman–Crippen LogP) is 1.02. The summed E-state index contributed by atoms with van der Waals surface area (Å²) in [6.07, 6.45) is 2.00. The van der Waals surface area contributed by atoms with Gasteiger partial charge in [0.15, 0.2) is 11.7 Å². The Hall–Kier alpha value is -3.01. The first-order valence-corrected chi connectivity index (χ1v) is 7.72. The third-order valence-electron chi connectivity index (χ3n) is 3.59. The molecule has 0 fully saturated rings. The van der Waals surface area contributed by atoms with E-state index in [2.05, 4.69) is 10.3 Å². The molecule has 0 radical (unpaired) electrons. The molecule has 1 unspecified atom stereocenters. The highest BCUT2D eigenvalue weighted by molar-refractivity contribution is 6.03. The van der Waals surface area contributed by atoms with Gasteiger partial charge in [-0.15, -0.1) is 0 Å². The molecule has 1 N–H and O–H groups in total. The first-order chi connectivity index (χ1) is 11.6. The Kier molecular flexibility index (Phi) is 5.79. The van der Waals surface area contributed by atoms with E-state index in [4.69, 9.17) is 5.26 Å². The monoisotopic (exact) mass is 326 g/mol. The van der Waals surface area contributed by atoms with Gasteiger partial charge in [-0.3, -0.25) is 19.0 Å². The lowest BCUT2D eigenvalue weighted by molar-refractivity contribution is -0.131. The molecule has 24 heavy (non-hydrogen) atoms. The Morgan fingerprint density at radius 2 is 2.12 bits per heavy atom. The lowest BCUT2D eigenvalue weighted by Crippen LogP contribution is -2.35. The normalized spacial score (nSPS) is 11.7. The van der Waals surface area contributed by atoms with Crippen molar-refractivity contribution in [1.29, 1.82) is 5.26 Å². The Morgan fingerprint density at radius 3 is 2.83 bits per heavy atom. The van der Waals surface area contributed by atoms with Gasteiger partial charge in [0.1, 0.15) is 0 Å². The molecule has 1 aromatic carbocycles. The van der Waals surface area contributed by atoms with Crippen molar-refractivity contribution in [2.45, 2.75) is 26.3 Å². The molecule has 0 saturated carbocycles. The average molecular weight is 326 g/mol. The summed E-state index contributed by atoms with van der Waals surface area (Å²) in [6, 6.07) is 8.65. The van der Waals surface area contributed by atoms with Crippen molar-refractivity contribution >= 4 is 22.6 Å². The van der Waals surface area contributed by atoms with Crippen LogP contribution in [0.15, 0.2) is 35.4 Å². The highest BCUT2D eigenvalue weighted by Crippen LogP contribution is 2.06. The molecular weight excluding hydrogens is 308 g/mol. The molecule has 1 aromatic heterocycles. The maximum absolute atomic E-state index is 12.3. The summed E-state index contributed by atoms with van der Waals surface area (Å²) in [7, 11) is 0. The molecule has 124 valence electrons. The lowest BCUT2D eigenvalue weighted by Gasteiger charge is -2.10. The number of ketones is 1. The number of hydrogen-bond donors (Lipinski definition) is 1. The quantitative estimate of drug-likeness (QED) is 0.765.